The fourth-order valence-corrected chi connectivity index (χ4v) is 3.69. The molecule has 3 rings (SSSR count). The number of methoxy groups -OCH3 is 1. The maximum absolute atomic E-state index is 5.45. The number of benzene rings is 1. The summed E-state index contributed by atoms with van der Waals surface area (Å²) in [7, 11) is 3.69. The molecule has 0 unspecified atom stereocenters. The van der Waals surface area contributed by atoms with Crippen molar-refractivity contribution in [3.63, 3.8) is 0 Å². The predicted octanol–water partition coefficient (Wildman–Crippen LogP) is 3.57. The van der Waals surface area contributed by atoms with E-state index >= 15 is 0 Å². The minimum Gasteiger partial charge on any atom is -0.497 e. The number of likely N-dealkylation sites (tertiary alicyclic amines) is 1. The molecule has 1 aromatic carbocycles. The summed E-state index contributed by atoms with van der Waals surface area (Å²) in [6, 6.07) is 8.46. The maximum atomic E-state index is 5.45. The summed E-state index contributed by atoms with van der Waals surface area (Å²) in [5.41, 5.74) is 1.40. The zero-order valence-corrected chi connectivity index (χ0v) is 16.3. The number of rotatable bonds is 6. The molecular formula is C19H28N4OS. The first-order valence-electron chi connectivity index (χ1n) is 9.02. The summed E-state index contributed by atoms with van der Waals surface area (Å²) in [5, 5.41) is 4.54. The molecule has 0 amide bonds. The predicted molar refractivity (Wildman–Crippen MR) is 102 cm³/mol. The number of aryl methyl sites for hydroxylation is 2. The summed E-state index contributed by atoms with van der Waals surface area (Å²) < 4.78 is 9.94. The molecule has 1 aliphatic rings. The number of hydrogen-bond donors (Lipinski definition) is 0. The zero-order chi connectivity index (χ0) is 17.8. The summed E-state index contributed by atoms with van der Waals surface area (Å²) in [6.45, 7) is 5.07. The Balaban J connectivity index is 1.45. The van der Waals surface area contributed by atoms with Gasteiger partial charge in [0.1, 0.15) is 11.6 Å². The van der Waals surface area contributed by atoms with E-state index in [0.29, 0.717) is 0 Å². The lowest BCUT2D eigenvalue weighted by Crippen LogP contribution is -2.35. The first kappa shape index (κ1) is 18.1. The van der Waals surface area contributed by atoms with Gasteiger partial charge in [0.2, 0.25) is 0 Å². The Morgan fingerprint density at radius 1 is 1.20 bits per heavy atom. The fraction of sp³-hybridized carbons (Fsp3) is 0.579. The van der Waals surface area contributed by atoms with Gasteiger partial charge in [-0.05, 0) is 68.4 Å². The van der Waals surface area contributed by atoms with Crippen molar-refractivity contribution in [1.29, 1.82) is 0 Å². The van der Waals surface area contributed by atoms with E-state index < -0.39 is 0 Å². The highest BCUT2D eigenvalue weighted by Gasteiger charge is 2.20. The summed E-state index contributed by atoms with van der Waals surface area (Å²) in [4.78, 5) is 2.46. The molecule has 0 N–H and O–H groups in total. The van der Waals surface area contributed by atoms with Gasteiger partial charge in [0.25, 0.3) is 0 Å². The number of piperidine rings is 1. The van der Waals surface area contributed by atoms with Crippen LogP contribution in [0.5, 0.6) is 5.75 Å². The maximum Gasteiger partial charge on any atom is 0.198 e. The van der Waals surface area contributed by atoms with Gasteiger partial charge in [-0.3, -0.25) is 4.90 Å². The fourth-order valence-electron chi connectivity index (χ4n) is 3.46. The average molecular weight is 361 g/mol. The summed E-state index contributed by atoms with van der Waals surface area (Å²) in [5.74, 6) is 2.72. The Labute approximate surface area is 155 Å². The van der Waals surface area contributed by atoms with Crippen molar-refractivity contribution < 1.29 is 4.74 Å². The molecule has 2 heterocycles. The van der Waals surface area contributed by atoms with Gasteiger partial charge in [0.05, 0.1) is 13.8 Å². The molecule has 1 fully saturated rings. The SMILES string of the molecule is COc1ccc(CCC2CCN(Cn3nc(C)n(C)c3=S)CC2)cc1. The molecule has 25 heavy (non-hydrogen) atoms. The van der Waals surface area contributed by atoms with Gasteiger partial charge >= 0.3 is 0 Å². The topological polar surface area (TPSA) is 35.2 Å². The third-order valence-electron chi connectivity index (χ3n) is 5.30. The highest BCUT2D eigenvalue weighted by atomic mass is 32.1. The Kier molecular flexibility index (Phi) is 5.91. The average Bonchev–Trinajstić information content (AvgIpc) is 2.88. The van der Waals surface area contributed by atoms with Crippen LogP contribution >= 0.6 is 12.2 Å². The van der Waals surface area contributed by atoms with Crippen LogP contribution < -0.4 is 4.74 Å². The lowest BCUT2D eigenvalue weighted by molar-refractivity contribution is 0.136. The van der Waals surface area contributed by atoms with Gasteiger partial charge in [-0.2, -0.15) is 5.10 Å². The summed E-state index contributed by atoms with van der Waals surface area (Å²) >= 11 is 5.45. The highest BCUT2D eigenvalue weighted by molar-refractivity contribution is 7.71. The molecule has 6 heteroatoms. The Morgan fingerprint density at radius 3 is 2.44 bits per heavy atom. The van der Waals surface area contributed by atoms with Gasteiger partial charge < -0.3 is 9.30 Å². The third-order valence-corrected chi connectivity index (χ3v) is 5.78. The van der Waals surface area contributed by atoms with Crippen LogP contribution in [-0.4, -0.2) is 39.4 Å². The molecule has 0 spiro atoms. The van der Waals surface area contributed by atoms with E-state index in [4.69, 9.17) is 17.0 Å². The zero-order valence-electron chi connectivity index (χ0n) is 15.4. The smallest absolute Gasteiger partial charge is 0.198 e. The van der Waals surface area contributed by atoms with Crippen LogP contribution in [0, 0.1) is 17.6 Å². The van der Waals surface area contributed by atoms with Crippen molar-refractivity contribution in [3.8, 4) is 5.75 Å². The molecule has 0 radical (unpaired) electrons. The van der Waals surface area contributed by atoms with Crippen molar-refractivity contribution in [2.75, 3.05) is 20.2 Å². The first-order valence-corrected chi connectivity index (χ1v) is 9.43. The van der Waals surface area contributed by atoms with Crippen LogP contribution in [-0.2, 0) is 20.1 Å². The molecule has 1 aliphatic heterocycles. The Bertz CT molecular complexity index is 742. The minimum atomic E-state index is 0.805. The van der Waals surface area contributed by atoms with E-state index in [9.17, 15) is 0 Å². The Morgan fingerprint density at radius 2 is 1.88 bits per heavy atom. The second kappa shape index (κ2) is 8.15. The second-order valence-electron chi connectivity index (χ2n) is 6.98. The van der Waals surface area contributed by atoms with Gasteiger partial charge in [-0.15, -0.1) is 0 Å². The largest absolute Gasteiger partial charge is 0.497 e. The molecule has 136 valence electrons. The molecule has 0 bridgehead atoms. The van der Waals surface area contributed by atoms with E-state index in [0.717, 1.165) is 48.4 Å². The third kappa shape index (κ3) is 4.50. The van der Waals surface area contributed by atoms with Crippen LogP contribution in [0.4, 0.5) is 0 Å². The number of ether oxygens (including phenoxy) is 1. The lowest BCUT2D eigenvalue weighted by atomic mass is 9.91. The molecule has 1 saturated heterocycles. The van der Waals surface area contributed by atoms with Crippen LogP contribution in [0.2, 0.25) is 0 Å². The molecular weight excluding hydrogens is 332 g/mol. The van der Waals surface area contributed by atoms with E-state index in [-0.39, 0.29) is 0 Å². The van der Waals surface area contributed by atoms with Gasteiger partial charge in [-0.25, -0.2) is 4.68 Å². The molecule has 0 atom stereocenters. The van der Waals surface area contributed by atoms with Crippen molar-refractivity contribution in [3.05, 3.63) is 40.4 Å². The van der Waals surface area contributed by atoms with E-state index in [1.54, 1.807) is 7.11 Å². The first-order chi connectivity index (χ1) is 12.1. The standard InChI is InChI=1S/C19H28N4OS/c1-15-20-23(19(25)21(15)2)14-22-12-10-17(11-13-22)5-4-16-6-8-18(24-3)9-7-16/h6-9,17H,4-5,10-14H2,1-3H3. The number of aromatic nitrogens is 3. The van der Waals surface area contributed by atoms with Crippen LogP contribution in [0.1, 0.15) is 30.7 Å². The van der Waals surface area contributed by atoms with E-state index in [1.807, 2.05) is 23.2 Å². The summed E-state index contributed by atoms with van der Waals surface area (Å²) in [6.07, 6.45) is 4.94. The highest BCUT2D eigenvalue weighted by Crippen LogP contribution is 2.23. The molecule has 2 aromatic rings. The van der Waals surface area contributed by atoms with Crippen LogP contribution in [0.3, 0.4) is 0 Å². The van der Waals surface area contributed by atoms with Crippen molar-refractivity contribution >= 4 is 12.2 Å². The van der Waals surface area contributed by atoms with Gasteiger partial charge in [0.15, 0.2) is 4.77 Å². The van der Waals surface area contributed by atoms with Crippen molar-refractivity contribution in [1.82, 2.24) is 19.2 Å². The van der Waals surface area contributed by atoms with Crippen molar-refractivity contribution in [2.45, 2.75) is 39.3 Å². The number of nitrogens with zero attached hydrogens (tertiary/aromatic N) is 4. The van der Waals surface area contributed by atoms with Gasteiger partial charge in [0, 0.05) is 20.1 Å². The second-order valence-corrected chi connectivity index (χ2v) is 7.34. The quantitative estimate of drug-likeness (QED) is 0.738. The molecule has 1 aromatic heterocycles. The minimum absolute atomic E-state index is 0.805. The Hall–Kier alpha value is -1.66. The van der Waals surface area contributed by atoms with Crippen LogP contribution in [0.15, 0.2) is 24.3 Å². The van der Waals surface area contributed by atoms with Gasteiger partial charge in [-0.1, -0.05) is 12.1 Å². The van der Waals surface area contributed by atoms with E-state index in [2.05, 4.69) is 34.3 Å². The number of hydrogen-bond acceptors (Lipinski definition) is 4. The van der Waals surface area contributed by atoms with Crippen LogP contribution in [0.25, 0.3) is 0 Å². The molecule has 0 saturated carbocycles. The normalized spacial score (nSPS) is 16.3. The van der Waals surface area contributed by atoms with Crippen molar-refractivity contribution in [2.24, 2.45) is 13.0 Å². The molecule has 0 aliphatic carbocycles. The molecule has 5 nitrogen and oxygen atoms in total. The van der Waals surface area contributed by atoms with E-state index in [1.165, 1.54) is 24.8 Å². The lowest BCUT2D eigenvalue weighted by Gasteiger charge is -2.31. The monoisotopic (exact) mass is 360 g/mol.